The summed E-state index contributed by atoms with van der Waals surface area (Å²) in [6.45, 7) is 1.20. The number of amides is 1. The molecule has 4 rings (SSSR count). The molecule has 1 aliphatic rings. The van der Waals surface area contributed by atoms with Crippen molar-refractivity contribution < 1.29 is 37.7 Å². The maximum Gasteiger partial charge on any atom is 0.394 e. The lowest BCUT2D eigenvalue weighted by molar-refractivity contribution is -0.158. The van der Waals surface area contributed by atoms with Gasteiger partial charge in [-0.2, -0.15) is 8.78 Å². The summed E-state index contributed by atoms with van der Waals surface area (Å²) in [5.41, 5.74) is 2.49. The number of aliphatic carboxylic acids is 1. The number of carboxylic acids is 1. The molecule has 3 aromatic rings. The Bertz CT molecular complexity index is 1360. The lowest BCUT2D eigenvalue weighted by Gasteiger charge is -2.27. The van der Waals surface area contributed by atoms with Crippen molar-refractivity contribution in [2.75, 3.05) is 30.5 Å². The Morgan fingerprint density at radius 1 is 1.07 bits per heavy atom. The molecule has 0 bridgehead atoms. The predicted molar refractivity (Wildman–Crippen MR) is 147 cm³/mol. The third kappa shape index (κ3) is 7.53. The van der Waals surface area contributed by atoms with Gasteiger partial charge in [0.1, 0.15) is 23.3 Å². The van der Waals surface area contributed by atoms with E-state index in [1.165, 1.54) is 19.2 Å². The number of hydrogen-bond acceptors (Lipinski definition) is 6. The summed E-state index contributed by atoms with van der Waals surface area (Å²) in [4.78, 5) is 26.4. The van der Waals surface area contributed by atoms with Gasteiger partial charge in [0, 0.05) is 54.9 Å². The van der Waals surface area contributed by atoms with E-state index in [1.807, 2.05) is 0 Å². The molecule has 3 aromatic carbocycles. The molecule has 2 N–H and O–H groups in total. The number of methoxy groups -OCH3 is 1. The first-order valence-electron chi connectivity index (χ1n) is 12.6. The summed E-state index contributed by atoms with van der Waals surface area (Å²) >= 11 is 6.10. The Hall–Kier alpha value is -4.05. The van der Waals surface area contributed by atoms with Gasteiger partial charge in [-0.1, -0.05) is 29.8 Å². The minimum absolute atomic E-state index is 0.0256. The number of hydrogen-bond donors (Lipinski definition) is 2. The van der Waals surface area contributed by atoms with Crippen molar-refractivity contribution >= 4 is 34.9 Å². The smallest absolute Gasteiger partial charge is 0.394 e. The van der Waals surface area contributed by atoms with Gasteiger partial charge in [-0.25, -0.2) is 0 Å². The van der Waals surface area contributed by atoms with Crippen LogP contribution in [-0.2, 0) is 16.0 Å². The summed E-state index contributed by atoms with van der Waals surface area (Å²) < 4.78 is 42.9. The van der Waals surface area contributed by atoms with Crippen LogP contribution in [0.25, 0.3) is 0 Å². The maximum atomic E-state index is 14.0. The van der Waals surface area contributed by atoms with Crippen LogP contribution < -0.4 is 24.4 Å². The van der Waals surface area contributed by atoms with E-state index in [0.29, 0.717) is 59.8 Å². The van der Waals surface area contributed by atoms with E-state index in [1.54, 1.807) is 53.4 Å². The average Bonchev–Trinajstić information content (AvgIpc) is 3.32. The van der Waals surface area contributed by atoms with Crippen molar-refractivity contribution in [3.8, 4) is 17.2 Å². The van der Waals surface area contributed by atoms with Gasteiger partial charge >= 0.3 is 12.1 Å². The molecule has 1 aliphatic heterocycles. The van der Waals surface area contributed by atoms with Gasteiger partial charge in [0.15, 0.2) is 0 Å². The summed E-state index contributed by atoms with van der Waals surface area (Å²) in [5.74, 6) is -0.364. The Morgan fingerprint density at radius 3 is 2.48 bits per heavy atom. The molecule has 0 saturated heterocycles. The van der Waals surface area contributed by atoms with Gasteiger partial charge in [-0.15, -0.1) is 0 Å². The summed E-state index contributed by atoms with van der Waals surface area (Å²) in [6.07, 6.45) is -2.51. The Kier molecular flexibility index (Phi) is 8.99. The summed E-state index contributed by atoms with van der Waals surface area (Å²) in [6, 6.07) is 15.6. The molecule has 1 atom stereocenters. The second-order valence-corrected chi connectivity index (χ2v) is 9.75. The molecule has 0 fully saturated rings. The van der Waals surface area contributed by atoms with Crippen LogP contribution in [0.15, 0.2) is 60.7 Å². The molecule has 1 unspecified atom stereocenters. The van der Waals surface area contributed by atoms with Gasteiger partial charge in [0.25, 0.3) is 5.91 Å². The number of nitrogens with one attached hydrogen (secondary N) is 1. The molecule has 0 spiro atoms. The normalized spacial score (nSPS) is 13.4. The fraction of sp³-hybridized carbons (Fsp3) is 0.310. The van der Waals surface area contributed by atoms with Crippen LogP contribution in [0.3, 0.4) is 0 Å². The van der Waals surface area contributed by atoms with Crippen molar-refractivity contribution in [3.05, 3.63) is 76.8 Å². The summed E-state index contributed by atoms with van der Waals surface area (Å²) in [5, 5.41) is 12.6. The van der Waals surface area contributed by atoms with Crippen LogP contribution in [0.5, 0.6) is 17.2 Å². The molecule has 212 valence electrons. The fourth-order valence-corrected chi connectivity index (χ4v) is 4.52. The molecule has 0 aliphatic carbocycles. The SMILES string of the molecule is COc1cc(NC(C(=O)N2CCc3ccc(OC(C)(F)F)cc32)c2ccc(Cl)cc2)cc(OCCCC(=O)O)c1. The van der Waals surface area contributed by atoms with E-state index in [0.717, 1.165) is 5.56 Å². The molecule has 0 saturated carbocycles. The molecule has 11 heteroatoms. The Labute approximate surface area is 235 Å². The molecule has 0 aromatic heterocycles. The third-order valence-electron chi connectivity index (χ3n) is 6.20. The number of carbonyl (C=O) groups is 2. The van der Waals surface area contributed by atoms with E-state index in [4.69, 9.17) is 30.9 Å². The Balaban J connectivity index is 1.63. The van der Waals surface area contributed by atoms with Gasteiger partial charge in [0.2, 0.25) is 0 Å². The molecule has 0 radical (unpaired) electrons. The molecular weight excluding hydrogens is 546 g/mol. The lowest BCUT2D eigenvalue weighted by atomic mass is 10.0. The highest BCUT2D eigenvalue weighted by Gasteiger charge is 2.33. The van der Waals surface area contributed by atoms with Crippen LogP contribution in [0.1, 0.15) is 36.9 Å². The van der Waals surface area contributed by atoms with E-state index in [-0.39, 0.29) is 24.7 Å². The number of nitrogens with zero attached hydrogens (tertiary/aromatic N) is 1. The molecule has 1 amide bonds. The van der Waals surface area contributed by atoms with Crippen LogP contribution in [-0.4, -0.2) is 43.4 Å². The number of benzene rings is 3. The van der Waals surface area contributed by atoms with E-state index in [9.17, 15) is 18.4 Å². The van der Waals surface area contributed by atoms with Crippen LogP contribution >= 0.6 is 11.6 Å². The molecule has 40 heavy (non-hydrogen) atoms. The number of carboxylic acid groups (broad SMARTS) is 1. The second kappa shape index (κ2) is 12.4. The first kappa shape index (κ1) is 28.9. The average molecular weight is 575 g/mol. The number of carbonyl (C=O) groups excluding carboxylic acids is 1. The monoisotopic (exact) mass is 574 g/mol. The largest absolute Gasteiger partial charge is 0.497 e. The zero-order valence-corrected chi connectivity index (χ0v) is 22.7. The zero-order valence-electron chi connectivity index (χ0n) is 22.0. The summed E-state index contributed by atoms with van der Waals surface area (Å²) in [7, 11) is 1.50. The molecular formula is C29H29ClF2N2O6. The minimum Gasteiger partial charge on any atom is -0.497 e. The van der Waals surface area contributed by atoms with Gasteiger partial charge < -0.3 is 29.5 Å². The van der Waals surface area contributed by atoms with E-state index >= 15 is 0 Å². The van der Waals surface area contributed by atoms with Crippen molar-refractivity contribution in [2.45, 2.75) is 38.3 Å². The highest BCUT2D eigenvalue weighted by Crippen LogP contribution is 2.37. The minimum atomic E-state index is -3.37. The standard InChI is InChI=1S/C29H29ClF2N2O6/c1-29(31,32)40-22-10-7-18-11-12-34(25(18)17-22)28(37)27(19-5-8-20(30)9-6-19)33-21-14-23(38-2)16-24(15-21)39-13-3-4-26(35)36/h5-10,14-17,27,33H,3-4,11-13H2,1-2H3,(H,35,36). The zero-order chi connectivity index (χ0) is 28.9. The van der Waals surface area contributed by atoms with Crippen LogP contribution in [0.4, 0.5) is 20.2 Å². The van der Waals surface area contributed by atoms with Gasteiger partial charge in [-0.3, -0.25) is 9.59 Å². The lowest BCUT2D eigenvalue weighted by Crippen LogP contribution is -2.37. The topological polar surface area (TPSA) is 97.3 Å². The van der Waals surface area contributed by atoms with Crippen molar-refractivity contribution in [2.24, 2.45) is 0 Å². The third-order valence-corrected chi connectivity index (χ3v) is 6.45. The number of rotatable bonds is 12. The number of ether oxygens (including phenoxy) is 3. The maximum absolute atomic E-state index is 14.0. The first-order chi connectivity index (χ1) is 19.0. The van der Waals surface area contributed by atoms with Crippen LogP contribution in [0.2, 0.25) is 5.02 Å². The van der Waals surface area contributed by atoms with Crippen molar-refractivity contribution in [1.82, 2.24) is 0 Å². The van der Waals surface area contributed by atoms with E-state index < -0.39 is 18.1 Å². The number of halogens is 3. The first-order valence-corrected chi connectivity index (χ1v) is 13.0. The highest BCUT2D eigenvalue weighted by molar-refractivity contribution is 6.30. The quantitative estimate of drug-likeness (QED) is 0.244. The Morgan fingerprint density at radius 2 is 1.80 bits per heavy atom. The molecule has 8 nitrogen and oxygen atoms in total. The predicted octanol–water partition coefficient (Wildman–Crippen LogP) is 6.33. The number of fused-ring (bicyclic) bond motifs is 1. The van der Waals surface area contributed by atoms with E-state index in [2.05, 4.69) is 5.32 Å². The highest BCUT2D eigenvalue weighted by atomic mass is 35.5. The fourth-order valence-electron chi connectivity index (χ4n) is 4.39. The van der Waals surface area contributed by atoms with Gasteiger partial charge in [0.05, 0.1) is 19.4 Å². The molecule has 1 heterocycles. The number of anilines is 2. The second-order valence-electron chi connectivity index (χ2n) is 9.31. The van der Waals surface area contributed by atoms with Gasteiger partial charge in [-0.05, 0) is 42.2 Å². The number of alkyl halides is 2. The van der Waals surface area contributed by atoms with Crippen molar-refractivity contribution in [1.29, 1.82) is 0 Å². The van der Waals surface area contributed by atoms with Crippen LogP contribution in [0, 0.1) is 0 Å². The van der Waals surface area contributed by atoms with Crippen molar-refractivity contribution in [3.63, 3.8) is 0 Å².